The van der Waals surface area contributed by atoms with Crippen molar-refractivity contribution in [2.75, 3.05) is 4.90 Å². The van der Waals surface area contributed by atoms with Gasteiger partial charge in [-0.25, -0.2) is 0 Å². The van der Waals surface area contributed by atoms with E-state index in [0.717, 1.165) is 17.1 Å². The summed E-state index contributed by atoms with van der Waals surface area (Å²) in [6.07, 6.45) is 0. The van der Waals surface area contributed by atoms with Crippen LogP contribution >= 0.6 is 0 Å². The average molecular weight is 648 g/mol. The largest absolute Gasteiger partial charge is 0.310 e. The van der Waals surface area contributed by atoms with Crippen molar-refractivity contribution >= 4 is 49.4 Å². The Balaban J connectivity index is 1.17. The second-order valence-electron chi connectivity index (χ2n) is 14.2. The second kappa shape index (κ2) is 10.5. The Hall–Kier alpha value is -6.44. The lowest BCUT2D eigenvalue weighted by atomic mass is 9.85. The first-order valence-corrected chi connectivity index (χ1v) is 17.9. The highest BCUT2D eigenvalue weighted by molar-refractivity contribution is 6.31. The molecule has 1 nitrogen and oxygen atoms in total. The van der Waals surface area contributed by atoms with Gasteiger partial charge < -0.3 is 4.90 Å². The molecule has 2 aliphatic rings. The zero-order chi connectivity index (χ0) is 33.8. The van der Waals surface area contributed by atoms with Crippen LogP contribution in [0.3, 0.4) is 0 Å². The smallest absolute Gasteiger partial charge is 0.0468 e. The van der Waals surface area contributed by atoms with Gasteiger partial charge in [-0.15, -0.1) is 0 Å². The van der Waals surface area contributed by atoms with Gasteiger partial charge in [-0.05, 0) is 138 Å². The van der Waals surface area contributed by atoms with E-state index < -0.39 is 0 Å². The number of rotatable bonds is 4. The molecule has 0 aromatic heterocycles. The lowest BCUT2D eigenvalue weighted by Crippen LogP contribution is -2.10. The van der Waals surface area contributed by atoms with Crippen LogP contribution in [0.4, 0.5) is 17.1 Å². The maximum absolute atomic E-state index is 2.41. The van der Waals surface area contributed by atoms with Crippen LogP contribution in [0, 0.1) is 13.8 Å². The molecule has 0 atom stereocenters. The van der Waals surface area contributed by atoms with Crippen LogP contribution in [-0.4, -0.2) is 0 Å². The first-order chi connectivity index (χ1) is 25.1. The van der Waals surface area contributed by atoms with Gasteiger partial charge >= 0.3 is 0 Å². The zero-order valence-electron chi connectivity index (χ0n) is 28.5. The molecule has 0 fully saturated rings. The van der Waals surface area contributed by atoms with E-state index in [1.807, 2.05) is 0 Å². The summed E-state index contributed by atoms with van der Waals surface area (Å²) in [5.41, 5.74) is 19.2. The summed E-state index contributed by atoms with van der Waals surface area (Å²) in [7, 11) is 0. The van der Waals surface area contributed by atoms with Crippen molar-refractivity contribution in [2.45, 2.75) is 13.8 Å². The van der Waals surface area contributed by atoms with E-state index in [2.05, 4.69) is 183 Å². The fourth-order valence-electron chi connectivity index (χ4n) is 9.00. The lowest BCUT2D eigenvalue weighted by molar-refractivity contribution is 1.27. The molecule has 0 bridgehead atoms. The molecule has 2 aliphatic carbocycles. The molecule has 11 rings (SSSR count). The summed E-state index contributed by atoms with van der Waals surface area (Å²) in [4.78, 5) is 2.39. The third-order valence-corrected chi connectivity index (χ3v) is 11.3. The van der Waals surface area contributed by atoms with Gasteiger partial charge in [-0.1, -0.05) is 139 Å². The van der Waals surface area contributed by atoms with Crippen LogP contribution < -0.4 is 4.90 Å². The Morgan fingerprint density at radius 2 is 0.765 bits per heavy atom. The van der Waals surface area contributed by atoms with Crippen molar-refractivity contribution in [3.05, 3.63) is 175 Å². The summed E-state index contributed by atoms with van der Waals surface area (Å²) in [5, 5.41) is 7.94. The molecule has 238 valence electrons. The van der Waals surface area contributed by atoms with E-state index in [4.69, 9.17) is 0 Å². The van der Waals surface area contributed by atoms with E-state index >= 15 is 0 Å². The van der Waals surface area contributed by atoms with Gasteiger partial charge in [-0.3, -0.25) is 0 Å². The number of aryl methyl sites for hydroxylation is 2. The molecule has 0 saturated heterocycles. The number of nitrogens with zero attached hydrogens (tertiary/aromatic N) is 1. The highest BCUT2D eigenvalue weighted by Gasteiger charge is 2.29. The van der Waals surface area contributed by atoms with Gasteiger partial charge in [0, 0.05) is 17.1 Å². The topological polar surface area (TPSA) is 3.24 Å². The van der Waals surface area contributed by atoms with Crippen molar-refractivity contribution < 1.29 is 0 Å². The van der Waals surface area contributed by atoms with E-state index in [1.54, 1.807) is 0 Å². The number of benzene rings is 9. The van der Waals surface area contributed by atoms with Crippen molar-refractivity contribution in [3.63, 3.8) is 0 Å². The highest BCUT2D eigenvalue weighted by atomic mass is 15.1. The first-order valence-electron chi connectivity index (χ1n) is 17.9. The first kappa shape index (κ1) is 28.4. The summed E-state index contributed by atoms with van der Waals surface area (Å²) in [6.45, 7) is 4.29. The van der Waals surface area contributed by atoms with Crippen LogP contribution in [0.25, 0.3) is 88.0 Å². The molecular formula is C50H33N. The van der Waals surface area contributed by atoms with Crippen molar-refractivity contribution in [2.24, 2.45) is 0 Å². The molecule has 0 heterocycles. The molecule has 0 unspecified atom stereocenters. The molecular weight excluding hydrogens is 615 g/mol. The van der Waals surface area contributed by atoms with Crippen LogP contribution in [0.15, 0.2) is 164 Å². The Morgan fingerprint density at radius 3 is 1.43 bits per heavy atom. The number of hydrogen-bond acceptors (Lipinski definition) is 1. The molecule has 0 spiro atoms. The van der Waals surface area contributed by atoms with Crippen molar-refractivity contribution in [3.8, 4) is 55.6 Å². The third-order valence-electron chi connectivity index (χ3n) is 11.3. The van der Waals surface area contributed by atoms with Gasteiger partial charge in [0.05, 0.1) is 0 Å². The van der Waals surface area contributed by atoms with Crippen LogP contribution in [0.1, 0.15) is 11.1 Å². The van der Waals surface area contributed by atoms with E-state index in [1.165, 1.54) is 99.1 Å². The normalized spacial score (nSPS) is 12.1. The molecule has 0 radical (unpaired) electrons. The van der Waals surface area contributed by atoms with E-state index in [-0.39, 0.29) is 0 Å². The predicted octanol–water partition coefficient (Wildman–Crippen LogP) is 14.2. The second-order valence-corrected chi connectivity index (χ2v) is 14.2. The number of fused-ring (bicyclic) bond motifs is 8. The van der Waals surface area contributed by atoms with Gasteiger partial charge in [0.1, 0.15) is 0 Å². The molecule has 9 aromatic carbocycles. The summed E-state index contributed by atoms with van der Waals surface area (Å²) in [6, 6.07) is 61.2. The maximum atomic E-state index is 2.41. The van der Waals surface area contributed by atoms with Gasteiger partial charge in [0.2, 0.25) is 0 Å². The quantitative estimate of drug-likeness (QED) is 0.172. The van der Waals surface area contributed by atoms with Gasteiger partial charge in [0.15, 0.2) is 0 Å². The molecule has 9 aromatic rings. The Labute approximate surface area is 297 Å². The zero-order valence-corrected chi connectivity index (χ0v) is 28.5. The fraction of sp³-hybridized carbons (Fsp3) is 0.0400. The van der Waals surface area contributed by atoms with Crippen LogP contribution in [0.2, 0.25) is 0 Å². The SMILES string of the molecule is Cc1ccc(N(c2ccc(C)cc2)c2ccc3c(c2)-c2cccc4c(-c5ccc6c7c(cccc57)-c5ccccc5-6)c5ccccc5c-3c24)cc1. The molecule has 0 amide bonds. The van der Waals surface area contributed by atoms with Crippen LogP contribution in [0.5, 0.6) is 0 Å². The average Bonchev–Trinajstić information content (AvgIpc) is 3.69. The standard InChI is InChI=1S/C50H33N/c1-30-17-21-32(22-18-30)51(33-23-19-31(2)20-24-33)34-25-26-44-46(29-34)41-15-8-16-45-48(38-11-5-6-12-40(38)49(44)50(41)45)43-28-27-42-36-10-4-3-9-35(36)37-13-7-14-39(43)47(37)42/h3-29H,1-2H3. The molecule has 0 N–H and O–H groups in total. The highest BCUT2D eigenvalue weighted by Crippen LogP contribution is 2.56. The summed E-state index contributed by atoms with van der Waals surface area (Å²) in [5.74, 6) is 0. The predicted molar refractivity (Wildman–Crippen MR) is 217 cm³/mol. The minimum atomic E-state index is 1.15. The molecule has 51 heavy (non-hydrogen) atoms. The number of anilines is 3. The van der Waals surface area contributed by atoms with Gasteiger partial charge in [-0.2, -0.15) is 0 Å². The lowest BCUT2D eigenvalue weighted by Gasteiger charge is -2.26. The summed E-state index contributed by atoms with van der Waals surface area (Å²) >= 11 is 0. The van der Waals surface area contributed by atoms with Gasteiger partial charge in [0.25, 0.3) is 0 Å². The maximum Gasteiger partial charge on any atom is 0.0468 e. The minimum Gasteiger partial charge on any atom is -0.310 e. The van der Waals surface area contributed by atoms with Crippen molar-refractivity contribution in [1.29, 1.82) is 0 Å². The Kier molecular flexibility index (Phi) is 5.86. The summed E-state index contributed by atoms with van der Waals surface area (Å²) < 4.78 is 0. The monoisotopic (exact) mass is 647 g/mol. The molecule has 0 saturated carbocycles. The van der Waals surface area contributed by atoms with Crippen LogP contribution in [-0.2, 0) is 0 Å². The fourth-order valence-corrected chi connectivity index (χ4v) is 9.00. The third kappa shape index (κ3) is 3.98. The molecule has 0 aliphatic heterocycles. The van der Waals surface area contributed by atoms with E-state index in [0.29, 0.717) is 0 Å². The van der Waals surface area contributed by atoms with Crippen molar-refractivity contribution in [1.82, 2.24) is 0 Å². The Morgan fingerprint density at radius 1 is 0.294 bits per heavy atom. The minimum absolute atomic E-state index is 1.15. The molecule has 1 heteroatoms. The van der Waals surface area contributed by atoms with E-state index in [9.17, 15) is 0 Å². The number of hydrogen-bond donors (Lipinski definition) is 0. The Bertz CT molecular complexity index is 2840.